The van der Waals surface area contributed by atoms with Crippen molar-refractivity contribution in [3.63, 3.8) is 0 Å². The topological polar surface area (TPSA) is 76.3 Å². The van der Waals surface area contributed by atoms with Crippen LogP contribution in [0.15, 0.2) is 57.8 Å². The fourth-order valence-electron chi connectivity index (χ4n) is 2.81. The maximum atomic E-state index is 13.1. The third-order valence-corrected chi connectivity index (χ3v) is 6.69. The van der Waals surface area contributed by atoms with Crippen LogP contribution in [0.25, 0.3) is 11.5 Å². The normalized spacial score (nSPS) is 14.6. The number of sulfonamides is 1. The minimum absolute atomic E-state index is 0.0352. The molecule has 0 bridgehead atoms. The fraction of sp³-hybridized carbons (Fsp3) is 0.263. The van der Waals surface area contributed by atoms with Crippen LogP contribution in [0.2, 0.25) is 5.02 Å². The predicted octanol–water partition coefficient (Wildman–Crippen LogP) is 4.05. The van der Waals surface area contributed by atoms with Crippen LogP contribution in [0.5, 0.6) is 0 Å². The van der Waals surface area contributed by atoms with E-state index < -0.39 is 10.0 Å². The van der Waals surface area contributed by atoms with Gasteiger partial charge in [0.15, 0.2) is 0 Å². The van der Waals surface area contributed by atoms with E-state index in [0.29, 0.717) is 10.6 Å². The molecule has 0 spiro atoms. The third kappa shape index (κ3) is 3.76. The number of aryl methyl sites for hydroxylation is 1. The highest BCUT2D eigenvalue weighted by atomic mass is 35.5. The number of hydrogen-bond donors (Lipinski definition) is 0. The maximum absolute atomic E-state index is 13.1. The molecule has 1 aliphatic carbocycles. The molecular formula is C19H18ClN3O3S. The van der Waals surface area contributed by atoms with E-state index in [9.17, 15) is 8.42 Å². The molecule has 140 valence electrons. The highest BCUT2D eigenvalue weighted by Gasteiger charge is 2.39. The summed E-state index contributed by atoms with van der Waals surface area (Å²) < 4.78 is 33.3. The zero-order valence-corrected chi connectivity index (χ0v) is 16.2. The summed E-state index contributed by atoms with van der Waals surface area (Å²) in [5.74, 6) is 0.520. The van der Waals surface area contributed by atoms with Crippen LogP contribution in [0.1, 0.15) is 24.3 Å². The molecule has 0 unspecified atom stereocenters. The first-order chi connectivity index (χ1) is 12.9. The number of hydrogen-bond acceptors (Lipinski definition) is 5. The van der Waals surface area contributed by atoms with Crippen LogP contribution >= 0.6 is 11.6 Å². The van der Waals surface area contributed by atoms with Gasteiger partial charge in [-0.25, -0.2) is 8.42 Å². The summed E-state index contributed by atoms with van der Waals surface area (Å²) in [7, 11) is -3.64. The van der Waals surface area contributed by atoms with Crippen LogP contribution in [0.3, 0.4) is 0 Å². The van der Waals surface area contributed by atoms with Gasteiger partial charge >= 0.3 is 0 Å². The van der Waals surface area contributed by atoms with Crippen LogP contribution < -0.4 is 0 Å². The van der Waals surface area contributed by atoms with Crippen molar-refractivity contribution < 1.29 is 12.8 Å². The highest BCUT2D eigenvalue weighted by molar-refractivity contribution is 7.89. The van der Waals surface area contributed by atoms with Crippen molar-refractivity contribution in [1.82, 2.24) is 14.5 Å². The SMILES string of the molecule is Cc1ccc(S(=O)(=O)N(Cc2nnc(-c3ccccc3Cl)o2)C2CC2)cc1. The fourth-order valence-corrected chi connectivity index (χ4v) is 4.66. The first-order valence-corrected chi connectivity index (χ1v) is 10.4. The van der Waals surface area contributed by atoms with Gasteiger partial charge in [0.2, 0.25) is 21.8 Å². The van der Waals surface area contributed by atoms with Crippen LogP contribution in [-0.2, 0) is 16.6 Å². The molecule has 1 saturated carbocycles. The highest BCUT2D eigenvalue weighted by Crippen LogP contribution is 2.34. The summed E-state index contributed by atoms with van der Waals surface area (Å²) >= 11 is 6.17. The van der Waals surface area contributed by atoms with Crippen molar-refractivity contribution in [2.24, 2.45) is 0 Å². The summed E-state index contributed by atoms with van der Waals surface area (Å²) in [5.41, 5.74) is 1.63. The van der Waals surface area contributed by atoms with Crippen LogP contribution in [0.4, 0.5) is 0 Å². The Morgan fingerprint density at radius 1 is 1.11 bits per heavy atom. The van der Waals surface area contributed by atoms with Gasteiger partial charge in [0, 0.05) is 6.04 Å². The van der Waals surface area contributed by atoms with Crippen molar-refractivity contribution in [2.75, 3.05) is 0 Å². The predicted molar refractivity (Wildman–Crippen MR) is 102 cm³/mol. The zero-order chi connectivity index (χ0) is 19.0. The number of aromatic nitrogens is 2. The van der Waals surface area contributed by atoms with E-state index in [4.69, 9.17) is 16.0 Å². The Balaban J connectivity index is 1.62. The van der Waals surface area contributed by atoms with E-state index in [1.165, 1.54) is 4.31 Å². The number of rotatable bonds is 6. The number of halogens is 1. The molecule has 0 atom stereocenters. The molecule has 8 heteroatoms. The minimum Gasteiger partial charge on any atom is -0.419 e. The lowest BCUT2D eigenvalue weighted by Gasteiger charge is -2.20. The van der Waals surface area contributed by atoms with Crippen molar-refractivity contribution >= 4 is 21.6 Å². The second-order valence-corrected chi connectivity index (χ2v) is 8.87. The monoisotopic (exact) mass is 403 g/mol. The molecule has 0 radical (unpaired) electrons. The maximum Gasteiger partial charge on any atom is 0.249 e. The van der Waals surface area contributed by atoms with E-state index in [2.05, 4.69) is 10.2 Å². The Kier molecular flexibility index (Phi) is 4.75. The molecule has 2 aromatic carbocycles. The van der Waals surface area contributed by atoms with Gasteiger partial charge in [0.05, 0.1) is 22.0 Å². The quantitative estimate of drug-likeness (QED) is 0.620. The zero-order valence-electron chi connectivity index (χ0n) is 14.7. The summed E-state index contributed by atoms with van der Waals surface area (Å²) in [4.78, 5) is 0.269. The smallest absolute Gasteiger partial charge is 0.249 e. The van der Waals surface area contributed by atoms with E-state index in [0.717, 1.165) is 18.4 Å². The average Bonchev–Trinajstić information content (AvgIpc) is 3.38. The number of benzene rings is 2. The van der Waals surface area contributed by atoms with E-state index in [1.54, 1.807) is 36.4 Å². The molecule has 1 heterocycles. The van der Waals surface area contributed by atoms with Gasteiger partial charge in [-0.3, -0.25) is 0 Å². The number of nitrogens with zero attached hydrogens (tertiary/aromatic N) is 3. The van der Waals surface area contributed by atoms with Gasteiger partial charge in [-0.05, 0) is 44.0 Å². The summed E-state index contributed by atoms with van der Waals surface area (Å²) in [5, 5.41) is 8.55. The molecular weight excluding hydrogens is 386 g/mol. The molecule has 1 aromatic heterocycles. The van der Waals surface area contributed by atoms with Crippen molar-refractivity contribution in [3.8, 4) is 11.5 Å². The molecule has 27 heavy (non-hydrogen) atoms. The Hall–Kier alpha value is -2.22. The standard InChI is InChI=1S/C19H18ClN3O3S/c1-13-6-10-15(11-7-13)27(24,25)23(14-8-9-14)12-18-21-22-19(26-18)16-4-2-3-5-17(16)20/h2-7,10-11,14H,8-9,12H2,1H3. The summed E-state index contributed by atoms with van der Waals surface area (Å²) in [6.45, 7) is 1.96. The Morgan fingerprint density at radius 3 is 2.48 bits per heavy atom. The molecule has 0 amide bonds. The Bertz CT molecular complexity index is 1060. The van der Waals surface area contributed by atoms with Gasteiger partial charge in [0.25, 0.3) is 0 Å². The van der Waals surface area contributed by atoms with Crippen molar-refractivity contribution in [2.45, 2.75) is 37.2 Å². The largest absolute Gasteiger partial charge is 0.419 e. The molecule has 0 saturated heterocycles. The second kappa shape index (κ2) is 7.07. The lowest BCUT2D eigenvalue weighted by atomic mass is 10.2. The molecule has 0 aliphatic heterocycles. The van der Waals surface area contributed by atoms with Gasteiger partial charge in [-0.2, -0.15) is 4.31 Å². The lowest BCUT2D eigenvalue weighted by molar-refractivity contribution is 0.351. The average molecular weight is 404 g/mol. The van der Waals surface area contributed by atoms with Crippen molar-refractivity contribution in [3.05, 3.63) is 65.0 Å². The van der Waals surface area contributed by atoms with Crippen LogP contribution in [-0.4, -0.2) is 29.0 Å². The third-order valence-electron chi connectivity index (χ3n) is 4.44. The second-order valence-electron chi connectivity index (χ2n) is 6.58. The van der Waals surface area contributed by atoms with Crippen LogP contribution in [0, 0.1) is 6.92 Å². The van der Waals surface area contributed by atoms with E-state index in [-0.39, 0.29) is 29.3 Å². The summed E-state index contributed by atoms with van der Waals surface area (Å²) in [6.07, 6.45) is 1.66. The molecule has 3 aromatic rings. The lowest BCUT2D eigenvalue weighted by Crippen LogP contribution is -2.32. The van der Waals surface area contributed by atoms with Gasteiger partial charge in [-0.1, -0.05) is 41.4 Å². The van der Waals surface area contributed by atoms with Crippen molar-refractivity contribution in [1.29, 1.82) is 0 Å². The van der Waals surface area contributed by atoms with Gasteiger partial charge in [-0.15, -0.1) is 10.2 Å². The molecule has 1 aliphatic rings. The minimum atomic E-state index is -3.64. The Morgan fingerprint density at radius 2 is 1.81 bits per heavy atom. The van der Waals surface area contributed by atoms with E-state index >= 15 is 0 Å². The molecule has 1 fully saturated rings. The Labute approximate surface area is 162 Å². The van der Waals surface area contributed by atoms with Gasteiger partial charge in [0.1, 0.15) is 0 Å². The van der Waals surface area contributed by atoms with E-state index in [1.807, 2.05) is 19.1 Å². The first-order valence-electron chi connectivity index (χ1n) is 8.61. The molecule has 4 rings (SSSR count). The molecule has 0 N–H and O–H groups in total. The first kappa shape index (κ1) is 18.2. The van der Waals surface area contributed by atoms with Gasteiger partial charge < -0.3 is 4.42 Å². The molecule has 6 nitrogen and oxygen atoms in total. The summed E-state index contributed by atoms with van der Waals surface area (Å²) in [6, 6.07) is 14.0.